The first-order chi connectivity index (χ1) is 7.06. The molecule has 1 rings (SSSR count). The van der Waals surface area contributed by atoms with E-state index in [0.717, 1.165) is 31.0 Å². The van der Waals surface area contributed by atoms with Gasteiger partial charge in [0.25, 0.3) is 0 Å². The zero-order chi connectivity index (χ0) is 11.4. The number of hydrogen-bond donors (Lipinski definition) is 2. The average molecular weight is 231 g/mol. The summed E-state index contributed by atoms with van der Waals surface area (Å²) in [4.78, 5) is 14.2. The number of thiocarbonyl (C=S) groups is 1. The lowest BCUT2D eigenvalue weighted by Crippen LogP contribution is -2.49. The summed E-state index contributed by atoms with van der Waals surface area (Å²) >= 11 is 5.12. The molecule has 1 heterocycles. The molecule has 6 heteroatoms. The Morgan fingerprint density at radius 1 is 1.53 bits per heavy atom. The van der Waals surface area contributed by atoms with E-state index in [4.69, 9.17) is 17.3 Å². The molecule has 0 aromatic heterocycles. The van der Waals surface area contributed by atoms with Gasteiger partial charge in [-0.3, -0.25) is 0 Å². The van der Waals surface area contributed by atoms with Crippen LogP contribution in [-0.4, -0.2) is 59.3 Å². The van der Waals surface area contributed by atoms with Gasteiger partial charge in [0.1, 0.15) is 0 Å². The zero-order valence-corrected chi connectivity index (χ0v) is 9.88. The van der Waals surface area contributed by atoms with Crippen molar-refractivity contribution in [3.63, 3.8) is 0 Å². The molecule has 0 radical (unpaired) electrons. The summed E-state index contributed by atoms with van der Waals surface area (Å²) < 4.78 is 0. The Labute approximate surface area is 95.0 Å². The highest BCUT2D eigenvalue weighted by molar-refractivity contribution is 7.80. The summed E-state index contributed by atoms with van der Waals surface area (Å²) in [6, 6.07) is 0.124. The SMILES string of the molecule is CNC(=S)N1CCC(N(C)C(=O)O)CC1. The maximum atomic E-state index is 10.7. The predicted molar refractivity (Wildman–Crippen MR) is 62.0 cm³/mol. The molecule has 1 amide bonds. The number of carbonyl (C=O) groups is 1. The van der Waals surface area contributed by atoms with Crippen molar-refractivity contribution < 1.29 is 9.90 Å². The lowest BCUT2D eigenvalue weighted by molar-refractivity contribution is 0.119. The Hall–Kier alpha value is -1.04. The van der Waals surface area contributed by atoms with Gasteiger partial charge in [0, 0.05) is 33.2 Å². The molecule has 0 aromatic rings. The summed E-state index contributed by atoms with van der Waals surface area (Å²) in [7, 11) is 3.43. The summed E-state index contributed by atoms with van der Waals surface area (Å²) in [6.45, 7) is 1.64. The van der Waals surface area contributed by atoms with E-state index in [9.17, 15) is 4.79 Å². The highest BCUT2D eigenvalue weighted by atomic mass is 32.1. The molecule has 2 N–H and O–H groups in total. The summed E-state index contributed by atoms with van der Waals surface area (Å²) in [5, 5.41) is 12.5. The molecule has 0 unspecified atom stereocenters. The fourth-order valence-electron chi connectivity index (χ4n) is 1.77. The van der Waals surface area contributed by atoms with Crippen LogP contribution in [0.15, 0.2) is 0 Å². The van der Waals surface area contributed by atoms with Gasteiger partial charge in [-0.2, -0.15) is 0 Å². The van der Waals surface area contributed by atoms with E-state index in [1.807, 2.05) is 0 Å². The van der Waals surface area contributed by atoms with Crippen molar-refractivity contribution in [2.75, 3.05) is 27.2 Å². The largest absolute Gasteiger partial charge is 0.465 e. The normalized spacial score (nSPS) is 17.3. The van der Waals surface area contributed by atoms with Gasteiger partial charge in [-0.1, -0.05) is 0 Å². The van der Waals surface area contributed by atoms with Crippen molar-refractivity contribution >= 4 is 23.4 Å². The van der Waals surface area contributed by atoms with Gasteiger partial charge in [0.2, 0.25) is 0 Å². The molecule has 86 valence electrons. The molecular formula is C9H17N3O2S. The fraction of sp³-hybridized carbons (Fsp3) is 0.778. The number of nitrogens with zero attached hydrogens (tertiary/aromatic N) is 2. The molecular weight excluding hydrogens is 214 g/mol. The Morgan fingerprint density at radius 2 is 2.07 bits per heavy atom. The Kier molecular flexibility index (Phi) is 4.14. The second kappa shape index (κ2) is 5.16. The van der Waals surface area contributed by atoms with Crippen LogP contribution in [0.5, 0.6) is 0 Å². The molecule has 15 heavy (non-hydrogen) atoms. The summed E-state index contributed by atoms with van der Waals surface area (Å²) in [5.41, 5.74) is 0. The molecule has 0 atom stereocenters. The standard InChI is InChI=1S/C9H17N3O2S/c1-10-8(15)12-5-3-7(4-6-12)11(2)9(13)14/h7H,3-6H2,1-2H3,(H,10,15)(H,13,14). The molecule has 1 fully saturated rings. The van der Waals surface area contributed by atoms with Gasteiger partial charge in [-0.05, 0) is 25.1 Å². The number of carboxylic acid groups (broad SMARTS) is 1. The van der Waals surface area contributed by atoms with Crippen LogP contribution in [0, 0.1) is 0 Å². The van der Waals surface area contributed by atoms with E-state index in [1.54, 1.807) is 14.1 Å². The van der Waals surface area contributed by atoms with Gasteiger partial charge >= 0.3 is 6.09 Å². The lowest BCUT2D eigenvalue weighted by atomic mass is 10.0. The maximum absolute atomic E-state index is 10.7. The van der Waals surface area contributed by atoms with Gasteiger partial charge in [0.15, 0.2) is 5.11 Å². The molecule has 0 bridgehead atoms. The van der Waals surface area contributed by atoms with Gasteiger partial charge < -0.3 is 20.2 Å². The predicted octanol–water partition coefficient (Wildman–Crippen LogP) is 0.565. The van der Waals surface area contributed by atoms with E-state index >= 15 is 0 Å². The minimum Gasteiger partial charge on any atom is -0.465 e. The smallest absolute Gasteiger partial charge is 0.407 e. The van der Waals surface area contributed by atoms with E-state index < -0.39 is 6.09 Å². The van der Waals surface area contributed by atoms with Crippen LogP contribution in [-0.2, 0) is 0 Å². The third kappa shape index (κ3) is 2.95. The zero-order valence-electron chi connectivity index (χ0n) is 9.06. The monoisotopic (exact) mass is 231 g/mol. The van der Waals surface area contributed by atoms with Crippen LogP contribution >= 0.6 is 12.2 Å². The Bertz CT molecular complexity index is 252. The van der Waals surface area contributed by atoms with Crippen LogP contribution in [0.2, 0.25) is 0 Å². The lowest BCUT2D eigenvalue weighted by Gasteiger charge is -2.36. The van der Waals surface area contributed by atoms with E-state index in [2.05, 4.69) is 10.2 Å². The number of nitrogens with one attached hydrogen (secondary N) is 1. The third-order valence-corrected chi connectivity index (χ3v) is 3.28. The topological polar surface area (TPSA) is 55.8 Å². The Morgan fingerprint density at radius 3 is 2.47 bits per heavy atom. The first kappa shape index (κ1) is 12.0. The first-order valence-electron chi connectivity index (χ1n) is 4.98. The highest BCUT2D eigenvalue weighted by Crippen LogP contribution is 2.15. The van der Waals surface area contributed by atoms with Crippen LogP contribution < -0.4 is 5.32 Å². The number of rotatable bonds is 1. The maximum Gasteiger partial charge on any atom is 0.407 e. The van der Waals surface area contributed by atoms with Gasteiger partial charge in [-0.25, -0.2) is 4.79 Å². The number of hydrogen-bond acceptors (Lipinski definition) is 2. The van der Waals surface area contributed by atoms with Crippen molar-refractivity contribution in [2.24, 2.45) is 0 Å². The summed E-state index contributed by atoms with van der Waals surface area (Å²) in [5.74, 6) is 0. The second-order valence-electron chi connectivity index (χ2n) is 3.67. The van der Waals surface area contributed by atoms with E-state index in [1.165, 1.54) is 4.90 Å². The quantitative estimate of drug-likeness (QED) is 0.646. The first-order valence-corrected chi connectivity index (χ1v) is 5.39. The summed E-state index contributed by atoms with van der Waals surface area (Å²) in [6.07, 6.45) is 0.819. The number of piperidine rings is 1. The van der Waals surface area contributed by atoms with Crippen molar-refractivity contribution in [3.05, 3.63) is 0 Å². The average Bonchev–Trinajstić information content (AvgIpc) is 2.27. The molecule has 5 nitrogen and oxygen atoms in total. The Balaban J connectivity index is 2.42. The minimum absolute atomic E-state index is 0.124. The molecule has 0 aliphatic carbocycles. The van der Waals surface area contributed by atoms with Crippen LogP contribution in [0.3, 0.4) is 0 Å². The van der Waals surface area contributed by atoms with Gasteiger partial charge in [-0.15, -0.1) is 0 Å². The molecule has 0 spiro atoms. The molecule has 1 aliphatic rings. The molecule has 1 aliphatic heterocycles. The van der Waals surface area contributed by atoms with E-state index in [0.29, 0.717) is 0 Å². The number of likely N-dealkylation sites (tertiary alicyclic amines) is 1. The van der Waals surface area contributed by atoms with Crippen molar-refractivity contribution in [2.45, 2.75) is 18.9 Å². The number of amides is 1. The molecule has 0 saturated carbocycles. The van der Waals surface area contributed by atoms with Crippen LogP contribution in [0.25, 0.3) is 0 Å². The van der Waals surface area contributed by atoms with Crippen LogP contribution in [0.1, 0.15) is 12.8 Å². The minimum atomic E-state index is -0.857. The van der Waals surface area contributed by atoms with Crippen molar-refractivity contribution in [1.29, 1.82) is 0 Å². The fourth-order valence-corrected chi connectivity index (χ4v) is 1.95. The molecule has 1 saturated heterocycles. The van der Waals surface area contributed by atoms with Crippen molar-refractivity contribution in [1.82, 2.24) is 15.1 Å². The third-order valence-electron chi connectivity index (χ3n) is 2.82. The van der Waals surface area contributed by atoms with Gasteiger partial charge in [0.05, 0.1) is 0 Å². The van der Waals surface area contributed by atoms with Crippen LogP contribution in [0.4, 0.5) is 4.79 Å². The molecule has 0 aromatic carbocycles. The van der Waals surface area contributed by atoms with Crippen molar-refractivity contribution in [3.8, 4) is 0 Å². The van der Waals surface area contributed by atoms with E-state index in [-0.39, 0.29) is 6.04 Å². The second-order valence-corrected chi connectivity index (χ2v) is 4.05. The highest BCUT2D eigenvalue weighted by Gasteiger charge is 2.25.